The fraction of sp³-hybridized carbons (Fsp3) is 0.286. The summed E-state index contributed by atoms with van der Waals surface area (Å²) in [6.45, 7) is 2.67. The van der Waals surface area contributed by atoms with E-state index in [0.717, 1.165) is 0 Å². The van der Waals surface area contributed by atoms with Gasteiger partial charge in [0.1, 0.15) is 11.5 Å². The van der Waals surface area contributed by atoms with Crippen LogP contribution in [0.2, 0.25) is 0 Å². The first-order chi connectivity index (χ1) is 14.6. The lowest BCUT2D eigenvalue weighted by Gasteiger charge is -2.12. The molecule has 1 aliphatic heterocycles. The Balaban J connectivity index is 1.79. The van der Waals surface area contributed by atoms with Crippen molar-refractivity contribution in [3.63, 3.8) is 0 Å². The Hall–Kier alpha value is -3.40. The minimum absolute atomic E-state index is 0.0143. The Kier molecular flexibility index (Phi) is 6.30. The number of hydrogen-bond donors (Lipinski definition) is 1. The molecular weight excluding hydrogens is 426 g/mol. The number of hydrogen-bond acceptors (Lipinski definition) is 8. The standard InChI is InChI=1S/C21H21NO8S/c1-12(23)14-4-5-18(28-3)15(6-14)9-31(26,27)10-21(25)22-17-8-20-19(29-11-30-20)7-16(17)13(2)24/h4-8H,9-11H2,1-3H3,(H,22,25). The van der Waals surface area contributed by atoms with E-state index in [1.165, 1.54) is 51.3 Å². The van der Waals surface area contributed by atoms with Gasteiger partial charge in [-0.2, -0.15) is 0 Å². The molecule has 0 aromatic heterocycles. The maximum absolute atomic E-state index is 12.6. The number of fused-ring (bicyclic) bond motifs is 1. The van der Waals surface area contributed by atoms with Crippen molar-refractivity contribution >= 4 is 33.0 Å². The number of rotatable bonds is 8. The van der Waals surface area contributed by atoms with Gasteiger partial charge in [-0.05, 0) is 38.1 Å². The molecule has 0 radical (unpaired) electrons. The largest absolute Gasteiger partial charge is 0.496 e. The van der Waals surface area contributed by atoms with Crippen molar-refractivity contribution in [2.45, 2.75) is 19.6 Å². The molecule has 0 atom stereocenters. The number of Topliss-reactive ketones (excluding diaryl/α,β-unsaturated/α-hetero) is 2. The monoisotopic (exact) mass is 447 g/mol. The van der Waals surface area contributed by atoms with Gasteiger partial charge in [0, 0.05) is 22.8 Å². The van der Waals surface area contributed by atoms with Crippen molar-refractivity contribution in [3.8, 4) is 17.2 Å². The first-order valence-corrected chi connectivity index (χ1v) is 11.0. The Morgan fingerprint density at radius 3 is 2.32 bits per heavy atom. The van der Waals surface area contributed by atoms with E-state index < -0.39 is 27.3 Å². The van der Waals surface area contributed by atoms with Crippen LogP contribution in [0.25, 0.3) is 0 Å². The molecule has 31 heavy (non-hydrogen) atoms. The average Bonchev–Trinajstić information content (AvgIpc) is 3.13. The lowest BCUT2D eigenvalue weighted by molar-refractivity contribution is -0.113. The normalized spacial score (nSPS) is 12.4. The van der Waals surface area contributed by atoms with Gasteiger partial charge < -0.3 is 19.5 Å². The molecule has 0 saturated carbocycles. The number of amides is 1. The van der Waals surface area contributed by atoms with Crippen LogP contribution in [0, 0.1) is 0 Å². The van der Waals surface area contributed by atoms with E-state index in [9.17, 15) is 22.8 Å². The third-order valence-electron chi connectivity index (χ3n) is 4.58. The van der Waals surface area contributed by atoms with Crippen LogP contribution in [-0.4, -0.2) is 45.5 Å². The maximum atomic E-state index is 12.6. The van der Waals surface area contributed by atoms with E-state index in [1.54, 1.807) is 0 Å². The molecule has 1 aliphatic rings. The number of ether oxygens (including phenoxy) is 3. The number of methoxy groups -OCH3 is 1. The van der Waals surface area contributed by atoms with Gasteiger partial charge in [0.25, 0.3) is 0 Å². The minimum Gasteiger partial charge on any atom is -0.496 e. The Morgan fingerprint density at radius 1 is 1.03 bits per heavy atom. The lowest BCUT2D eigenvalue weighted by atomic mass is 10.1. The predicted molar refractivity (Wildman–Crippen MR) is 112 cm³/mol. The van der Waals surface area contributed by atoms with E-state index in [4.69, 9.17) is 14.2 Å². The highest BCUT2D eigenvalue weighted by atomic mass is 32.2. The number of nitrogens with one attached hydrogen (secondary N) is 1. The van der Waals surface area contributed by atoms with Gasteiger partial charge in [0.15, 0.2) is 32.9 Å². The van der Waals surface area contributed by atoms with Crippen molar-refractivity contribution < 1.29 is 37.0 Å². The summed E-state index contributed by atoms with van der Waals surface area (Å²) in [6.07, 6.45) is 0. The summed E-state index contributed by atoms with van der Waals surface area (Å²) in [7, 11) is -2.53. The highest BCUT2D eigenvalue weighted by Crippen LogP contribution is 2.37. The average molecular weight is 447 g/mol. The molecule has 0 bridgehead atoms. The molecule has 0 unspecified atom stereocenters. The van der Waals surface area contributed by atoms with Crippen LogP contribution in [0.3, 0.4) is 0 Å². The first-order valence-electron chi connectivity index (χ1n) is 9.22. The van der Waals surface area contributed by atoms with Crippen LogP contribution >= 0.6 is 0 Å². The van der Waals surface area contributed by atoms with E-state index in [1.807, 2.05) is 0 Å². The number of ketones is 2. The number of carbonyl (C=O) groups is 3. The molecule has 0 spiro atoms. The van der Waals surface area contributed by atoms with Gasteiger partial charge >= 0.3 is 0 Å². The maximum Gasteiger partial charge on any atom is 0.239 e. The summed E-state index contributed by atoms with van der Waals surface area (Å²) in [6, 6.07) is 7.33. The van der Waals surface area contributed by atoms with Gasteiger partial charge in [0.2, 0.25) is 12.7 Å². The van der Waals surface area contributed by atoms with Crippen molar-refractivity contribution in [2.24, 2.45) is 0 Å². The smallest absolute Gasteiger partial charge is 0.239 e. The molecule has 2 aromatic rings. The third kappa shape index (κ3) is 5.21. The van der Waals surface area contributed by atoms with Crippen molar-refractivity contribution in [3.05, 3.63) is 47.0 Å². The highest BCUT2D eigenvalue weighted by Gasteiger charge is 2.24. The number of carbonyl (C=O) groups excluding carboxylic acids is 3. The van der Waals surface area contributed by atoms with Crippen LogP contribution in [-0.2, 0) is 20.4 Å². The van der Waals surface area contributed by atoms with Gasteiger partial charge in [-0.25, -0.2) is 8.42 Å². The second-order valence-corrected chi connectivity index (χ2v) is 9.03. The molecule has 9 nitrogen and oxygen atoms in total. The summed E-state index contributed by atoms with van der Waals surface area (Å²) < 4.78 is 40.9. The fourth-order valence-electron chi connectivity index (χ4n) is 3.12. The molecule has 0 fully saturated rings. The first kappa shape index (κ1) is 22.3. The number of benzene rings is 2. The van der Waals surface area contributed by atoms with E-state index in [2.05, 4.69) is 5.32 Å². The SMILES string of the molecule is COc1ccc(C(C)=O)cc1CS(=O)(=O)CC(=O)Nc1cc2c(cc1C(C)=O)OCO2. The van der Waals surface area contributed by atoms with Gasteiger partial charge in [-0.15, -0.1) is 0 Å². The van der Waals surface area contributed by atoms with E-state index in [-0.39, 0.29) is 35.2 Å². The van der Waals surface area contributed by atoms with Crippen molar-refractivity contribution in [1.29, 1.82) is 0 Å². The molecule has 1 heterocycles. The zero-order chi connectivity index (χ0) is 22.8. The van der Waals surface area contributed by atoms with Gasteiger partial charge in [-0.3, -0.25) is 14.4 Å². The minimum atomic E-state index is -3.92. The molecule has 2 aromatic carbocycles. The zero-order valence-corrected chi connectivity index (χ0v) is 18.0. The highest BCUT2D eigenvalue weighted by molar-refractivity contribution is 7.91. The Bertz CT molecular complexity index is 1170. The van der Waals surface area contributed by atoms with E-state index >= 15 is 0 Å². The topological polar surface area (TPSA) is 125 Å². The molecule has 1 N–H and O–H groups in total. The molecule has 0 aliphatic carbocycles. The summed E-state index contributed by atoms with van der Waals surface area (Å²) in [4.78, 5) is 36.0. The molecule has 164 valence electrons. The van der Waals surface area contributed by atoms with Crippen LogP contribution in [0.1, 0.15) is 40.1 Å². The fourth-order valence-corrected chi connectivity index (χ4v) is 4.39. The Labute approximate surface area is 179 Å². The zero-order valence-electron chi connectivity index (χ0n) is 17.2. The van der Waals surface area contributed by atoms with Crippen LogP contribution < -0.4 is 19.5 Å². The van der Waals surface area contributed by atoms with Crippen LogP contribution in [0.4, 0.5) is 5.69 Å². The lowest BCUT2D eigenvalue weighted by Crippen LogP contribution is -2.25. The second kappa shape index (κ2) is 8.76. The second-order valence-electron chi connectivity index (χ2n) is 6.97. The summed E-state index contributed by atoms with van der Waals surface area (Å²) in [5.41, 5.74) is 0.913. The summed E-state index contributed by atoms with van der Waals surface area (Å²) in [5, 5.41) is 2.46. The van der Waals surface area contributed by atoms with Gasteiger partial charge in [0.05, 0.1) is 18.6 Å². The molecule has 1 amide bonds. The third-order valence-corrected chi connectivity index (χ3v) is 6.03. The summed E-state index contributed by atoms with van der Waals surface area (Å²) in [5.74, 6) is -1.69. The van der Waals surface area contributed by atoms with Crippen LogP contribution in [0.15, 0.2) is 30.3 Å². The molecule has 0 saturated heterocycles. The number of anilines is 1. The molecule has 3 rings (SSSR count). The van der Waals surface area contributed by atoms with Crippen LogP contribution in [0.5, 0.6) is 17.2 Å². The van der Waals surface area contributed by atoms with E-state index in [0.29, 0.717) is 22.8 Å². The van der Waals surface area contributed by atoms with Gasteiger partial charge in [-0.1, -0.05) is 0 Å². The molecular formula is C21H21NO8S. The predicted octanol–water partition coefficient (Wildman–Crippen LogP) is 2.38. The number of sulfone groups is 1. The van der Waals surface area contributed by atoms with Crippen molar-refractivity contribution in [1.82, 2.24) is 0 Å². The summed E-state index contributed by atoms with van der Waals surface area (Å²) >= 11 is 0. The quantitative estimate of drug-likeness (QED) is 0.612. The Morgan fingerprint density at radius 2 is 1.71 bits per heavy atom. The molecule has 10 heteroatoms. The van der Waals surface area contributed by atoms with Crippen molar-refractivity contribution in [2.75, 3.05) is 25.0 Å².